The third kappa shape index (κ3) is 3.96. The summed E-state index contributed by atoms with van der Waals surface area (Å²) in [5.74, 6) is 0.839. The molecule has 0 aliphatic carbocycles. The van der Waals surface area contributed by atoms with Crippen molar-refractivity contribution in [3.63, 3.8) is 0 Å². The molecule has 0 unspecified atom stereocenters. The molecule has 3 nitrogen and oxygen atoms in total. The van der Waals surface area contributed by atoms with Crippen LogP contribution in [0.1, 0.15) is 11.1 Å². The van der Waals surface area contributed by atoms with E-state index in [2.05, 4.69) is 0 Å². The van der Waals surface area contributed by atoms with E-state index in [-0.39, 0.29) is 6.61 Å². The summed E-state index contributed by atoms with van der Waals surface area (Å²) in [6.45, 7) is 0.243. The Hall–Kier alpha value is -2.07. The van der Waals surface area contributed by atoms with Crippen LogP contribution in [-0.2, 0) is 13.0 Å². The molecular weight excluding hydrogens is 259 g/mol. The van der Waals surface area contributed by atoms with Crippen LogP contribution in [0.5, 0.6) is 11.5 Å². The van der Waals surface area contributed by atoms with Crippen molar-refractivity contribution in [2.45, 2.75) is 13.0 Å². The van der Waals surface area contributed by atoms with Crippen molar-refractivity contribution < 1.29 is 19.0 Å². The highest BCUT2D eigenvalue weighted by atomic mass is 19.1. The second kappa shape index (κ2) is 6.91. The van der Waals surface area contributed by atoms with Crippen molar-refractivity contribution in [1.29, 1.82) is 0 Å². The summed E-state index contributed by atoms with van der Waals surface area (Å²) in [6, 6.07) is 11.9. The minimum absolute atomic E-state index is 0.202. The maximum Gasteiger partial charge on any atom is 0.127 e. The predicted molar refractivity (Wildman–Crippen MR) is 74.5 cm³/mol. The zero-order chi connectivity index (χ0) is 14.4. The fourth-order valence-corrected chi connectivity index (χ4v) is 1.87. The van der Waals surface area contributed by atoms with Gasteiger partial charge >= 0.3 is 0 Å². The molecule has 0 radical (unpaired) electrons. The highest BCUT2D eigenvalue weighted by Crippen LogP contribution is 2.17. The number of aliphatic hydroxyl groups is 1. The Labute approximate surface area is 117 Å². The first-order valence-electron chi connectivity index (χ1n) is 6.37. The van der Waals surface area contributed by atoms with Gasteiger partial charge in [0.05, 0.1) is 20.3 Å². The van der Waals surface area contributed by atoms with Gasteiger partial charge in [-0.05, 0) is 35.4 Å². The van der Waals surface area contributed by atoms with E-state index in [1.165, 1.54) is 12.1 Å². The number of ether oxygens (including phenoxy) is 2. The van der Waals surface area contributed by atoms with E-state index in [4.69, 9.17) is 14.6 Å². The van der Waals surface area contributed by atoms with E-state index in [1.807, 2.05) is 24.3 Å². The Morgan fingerprint density at radius 1 is 1.00 bits per heavy atom. The molecular formula is C16H17FO3. The van der Waals surface area contributed by atoms with Gasteiger partial charge in [-0.2, -0.15) is 0 Å². The largest absolute Gasteiger partial charge is 0.497 e. The Morgan fingerprint density at radius 3 is 2.40 bits per heavy atom. The van der Waals surface area contributed by atoms with Crippen LogP contribution in [0.15, 0.2) is 42.5 Å². The molecule has 2 rings (SSSR count). The maximum atomic E-state index is 13.2. The predicted octanol–water partition coefficient (Wildman–Crippen LogP) is 2.95. The van der Waals surface area contributed by atoms with E-state index in [0.717, 1.165) is 17.7 Å². The lowest BCUT2D eigenvalue weighted by molar-refractivity contribution is 0.278. The van der Waals surface area contributed by atoms with Gasteiger partial charge in [0.1, 0.15) is 17.3 Å². The molecule has 20 heavy (non-hydrogen) atoms. The monoisotopic (exact) mass is 276 g/mol. The molecule has 0 atom stereocenters. The quantitative estimate of drug-likeness (QED) is 0.881. The number of aliphatic hydroxyl groups excluding tert-OH is 1. The number of hydrogen-bond donors (Lipinski definition) is 1. The van der Waals surface area contributed by atoms with Crippen LogP contribution in [0.3, 0.4) is 0 Å². The molecule has 0 saturated carbocycles. The van der Waals surface area contributed by atoms with Gasteiger partial charge in [-0.1, -0.05) is 12.1 Å². The van der Waals surface area contributed by atoms with Crippen LogP contribution >= 0.6 is 0 Å². The van der Waals surface area contributed by atoms with E-state index in [1.54, 1.807) is 13.2 Å². The van der Waals surface area contributed by atoms with Crippen molar-refractivity contribution in [2.75, 3.05) is 13.7 Å². The van der Waals surface area contributed by atoms with Crippen molar-refractivity contribution in [1.82, 2.24) is 0 Å². The third-order valence-electron chi connectivity index (χ3n) is 2.93. The van der Waals surface area contributed by atoms with Crippen molar-refractivity contribution in [3.05, 3.63) is 59.4 Å². The molecule has 0 aliphatic heterocycles. The Morgan fingerprint density at radius 2 is 1.75 bits per heavy atom. The normalized spacial score (nSPS) is 10.3. The first kappa shape index (κ1) is 14.3. The van der Waals surface area contributed by atoms with Crippen molar-refractivity contribution in [2.24, 2.45) is 0 Å². The lowest BCUT2D eigenvalue weighted by atomic mass is 10.1. The minimum Gasteiger partial charge on any atom is -0.497 e. The summed E-state index contributed by atoms with van der Waals surface area (Å²) in [5, 5.41) is 9.01. The van der Waals surface area contributed by atoms with Gasteiger partial charge in [0.25, 0.3) is 0 Å². The molecule has 0 heterocycles. The maximum absolute atomic E-state index is 13.2. The fraction of sp³-hybridized carbons (Fsp3) is 0.250. The number of rotatable bonds is 6. The Balaban J connectivity index is 1.90. The average molecular weight is 276 g/mol. The summed E-state index contributed by atoms with van der Waals surface area (Å²) >= 11 is 0. The molecule has 0 aliphatic rings. The van der Waals surface area contributed by atoms with Crippen molar-refractivity contribution in [3.8, 4) is 11.5 Å². The smallest absolute Gasteiger partial charge is 0.127 e. The van der Waals surface area contributed by atoms with Crippen molar-refractivity contribution >= 4 is 0 Å². The Bertz CT molecular complexity index is 552. The molecule has 0 aromatic heterocycles. The van der Waals surface area contributed by atoms with E-state index >= 15 is 0 Å². The standard InChI is InChI=1S/C16H17FO3/c1-19-15-4-2-12(3-5-15)6-7-20-16-9-13(11-18)8-14(17)10-16/h2-5,8-10,18H,6-7,11H2,1H3. The summed E-state index contributed by atoms with van der Waals surface area (Å²) in [6.07, 6.45) is 0.717. The molecule has 0 saturated heterocycles. The summed E-state index contributed by atoms with van der Waals surface area (Å²) in [7, 11) is 1.63. The first-order valence-corrected chi connectivity index (χ1v) is 6.37. The molecule has 0 bridgehead atoms. The van der Waals surface area contributed by atoms with Gasteiger partial charge in [0.15, 0.2) is 0 Å². The summed E-state index contributed by atoms with van der Waals surface area (Å²) in [4.78, 5) is 0. The number of hydrogen-bond acceptors (Lipinski definition) is 3. The van der Waals surface area contributed by atoms with Gasteiger partial charge < -0.3 is 14.6 Å². The second-order valence-corrected chi connectivity index (χ2v) is 4.40. The van der Waals surface area contributed by atoms with Gasteiger partial charge in [-0.15, -0.1) is 0 Å². The number of benzene rings is 2. The molecule has 4 heteroatoms. The highest BCUT2D eigenvalue weighted by molar-refractivity contribution is 5.30. The van der Waals surface area contributed by atoms with Gasteiger partial charge in [-0.25, -0.2) is 4.39 Å². The zero-order valence-electron chi connectivity index (χ0n) is 11.3. The molecule has 106 valence electrons. The molecule has 0 spiro atoms. The Kier molecular flexibility index (Phi) is 4.96. The lowest BCUT2D eigenvalue weighted by Gasteiger charge is -2.08. The van der Waals surface area contributed by atoms with Crippen LogP contribution < -0.4 is 9.47 Å². The lowest BCUT2D eigenvalue weighted by Crippen LogP contribution is -2.02. The van der Waals surface area contributed by atoms with Gasteiger partial charge in [0.2, 0.25) is 0 Å². The van der Waals surface area contributed by atoms with Crippen LogP contribution in [0.2, 0.25) is 0 Å². The molecule has 0 fully saturated rings. The van der Waals surface area contributed by atoms with E-state index < -0.39 is 5.82 Å². The van der Waals surface area contributed by atoms with Crippen LogP contribution in [0.25, 0.3) is 0 Å². The van der Waals surface area contributed by atoms with Crippen LogP contribution in [0.4, 0.5) is 4.39 Å². The highest BCUT2D eigenvalue weighted by Gasteiger charge is 2.02. The van der Waals surface area contributed by atoms with E-state index in [0.29, 0.717) is 17.9 Å². The molecule has 2 aromatic carbocycles. The fourth-order valence-electron chi connectivity index (χ4n) is 1.87. The van der Waals surface area contributed by atoms with E-state index in [9.17, 15) is 4.39 Å². The first-order chi connectivity index (χ1) is 9.71. The van der Waals surface area contributed by atoms with Gasteiger partial charge in [-0.3, -0.25) is 0 Å². The molecule has 2 aromatic rings. The van der Waals surface area contributed by atoms with Gasteiger partial charge in [0, 0.05) is 12.5 Å². The third-order valence-corrected chi connectivity index (χ3v) is 2.93. The topological polar surface area (TPSA) is 38.7 Å². The number of halogens is 1. The van der Waals surface area contributed by atoms with Crippen LogP contribution in [-0.4, -0.2) is 18.8 Å². The molecule has 1 N–H and O–H groups in total. The minimum atomic E-state index is -0.406. The second-order valence-electron chi connectivity index (χ2n) is 4.40. The van der Waals surface area contributed by atoms with Crippen LogP contribution in [0, 0.1) is 5.82 Å². The SMILES string of the molecule is COc1ccc(CCOc2cc(F)cc(CO)c2)cc1. The molecule has 0 amide bonds. The summed E-state index contributed by atoms with van der Waals surface area (Å²) in [5.41, 5.74) is 1.62. The number of methoxy groups -OCH3 is 1. The average Bonchev–Trinajstić information content (AvgIpc) is 2.47. The zero-order valence-corrected chi connectivity index (χ0v) is 11.3. The summed E-state index contributed by atoms with van der Waals surface area (Å²) < 4.78 is 23.8.